The lowest BCUT2D eigenvalue weighted by Crippen LogP contribution is -2.46. The molecule has 4 heterocycles. The molecule has 5 rings (SSSR count). The summed E-state index contributed by atoms with van der Waals surface area (Å²) in [4.78, 5) is 40.5. The van der Waals surface area contributed by atoms with Crippen LogP contribution in [0.3, 0.4) is 0 Å². The van der Waals surface area contributed by atoms with Gasteiger partial charge in [-0.25, -0.2) is 4.39 Å². The summed E-state index contributed by atoms with van der Waals surface area (Å²) in [5, 5.41) is 6.73. The molecule has 1 fully saturated rings. The van der Waals surface area contributed by atoms with Gasteiger partial charge in [-0.05, 0) is 60.7 Å². The predicted octanol–water partition coefficient (Wildman–Crippen LogP) is 1.47. The zero-order valence-corrected chi connectivity index (χ0v) is 16.2. The number of nitrogens with zero attached hydrogens (tertiary/aromatic N) is 1. The van der Waals surface area contributed by atoms with E-state index < -0.39 is 17.3 Å². The first-order valence-electron chi connectivity index (χ1n) is 10.0. The minimum atomic E-state index is -0.511. The van der Waals surface area contributed by atoms with Crippen molar-refractivity contribution in [3.63, 3.8) is 0 Å². The molecule has 8 heteroatoms. The fraction of sp³-hybridized carbons (Fsp3) is 0.318. The van der Waals surface area contributed by atoms with E-state index in [0.717, 1.165) is 25.2 Å². The van der Waals surface area contributed by atoms with E-state index in [1.807, 2.05) is 6.07 Å². The molecular weight excluding hydrogens is 387 g/mol. The van der Waals surface area contributed by atoms with E-state index in [2.05, 4.69) is 15.6 Å². The van der Waals surface area contributed by atoms with Gasteiger partial charge < -0.3 is 20.2 Å². The average molecular weight is 408 g/mol. The Morgan fingerprint density at radius 1 is 1.17 bits per heavy atom. The maximum atomic E-state index is 13.3. The van der Waals surface area contributed by atoms with Crippen molar-refractivity contribution in [3.8, 4) is 0 Å². The van der Waals surface area contributed by atoms with Crippen LogP contribution >= 0.6 is 0 Å². The van der Waals surface area contributed by atoms with Crippen LogP contribution in [-0.4, -0.2) is 28.5 Å². The lowest BCUT2D eigenvalue weighted by atomic mass is 9.84. The number of hydrogen-bond donors (Lipinski definition) is 3. The maximum absolute atomic E-state index is 13.3. The Hall–Kier alpha value is -3.26. The number of amides is 1. The second-order valence-electron chi connectivity index (χ2n) is 8.08. The minimum absolute atomic E-state index is 0.0299. The Morgan fingerprint density at radius 3 is 2.90 bits per heavy atom. The van der Waals surface area contributed by atoms with Crippen molar-refractivity contribution in [2.45, 2.75) is 25.4 Å². The van der Waals surface area contributed by atoms with E-state index in [1.165, 1.54) is 12.1 Å². The van der Waals surface area contributed by atoms with E-state index in [4.69, 9.17) is 0 Å². The van der Waals surface area contributed by atoms with E-state index in [1.54, 1.807) is 22.8 Å². The molecule has 0 spiro atoms. The molecule has 1 saturated heterocycles. The van der Waals surface area contributed by atoms with Gasteiger partial charge >= 0.3 is 0 Å². The quantitative estimate of drug-likeness (QED) is 0.612. The van der Waals surface area contributed by atoms with Gasteiger partial charge in [-0.2, -0.15) is 0 Å². The van der Waals surface area contributed by atoms with E-state index in [9.17, 15) is 18.8 Å². The second kappa shape index (κ2) is 7.21. The molecule has 2 atom stereocenters. The largest absolute Gasteiger partial charge is 0.348 e. The molecule has 0 unspecified atom stereocenters. The van der Waals surface area contributed by atoms with Crippen molar-refractivity contribution in [2.75, 3.05) is 13.1 Å². The van der Waals surface area contributed by atoms with Crippen LogP contribution in [-0.2, 0) is 13.1 Å². The van der Waals surface area contributed by atoms with Crippen LogP contribution in [0.4, 0.5) is 4.39 Å². The highest BCUT2D eigenvalue weighted by atomic mass is 19.1. The molecule has 2 aliphatic rings. The number of pyridine rings is 2. The molecule has 0 radical (unpaired) electrons. The molecule has 2 bridgehead atoms. The Bertz CT molecular complexity index is 1280. The first-order chi connectivity index (χ1) is 14.5. The Morgan fingerprint density at radius 2 is 2.03 bits per heavy atom. The SMILES string of the molecule is O=C(NCc1cc2ccc(F)cc2[nH]c1=O)c1ccc2n(c1=O)C[C@@H]1CNC[C@H]2C1. The summed E-state index contributed by atoms with van der Waals surface area (Å²) in [5.41, 5.74) is 1.08. The molecule has 0 aliphatic carbocycles. The summed E-state index contributed by atoms with van der Waals surface area (Å²) in [6.07, 6.45) is 1.06. The fourth-order valence-corrected chi connectivity index (χ4v) is 4.58. The van der Waals surface area contributed by atoms with Crippen molar-refractivity contribution in [1.29, 1.82) is 0 Å². The van der Waals surface area contributed by atoms with Crippen LogP contribution in [0.1, 0.15) is 34.0 Å². The third-order valence-electron chi connectivity index (χ3n) is 6.08. The van der Waals surface area contributed by atoms with Crippen molar-refractivity contribution in [3.05, 3.63) is 79.7 Å². The first-order valence-corrected chi connectivity index (χ1v) is 10.0. The van der Waals surface area contributed by atoms with Gasteiger partial charge in [0.2, 0.25) is 0 Å². The topological polar surface area (TPSA) is 96.0 Å². The third kappa shape index (κ3) is 3.23. The summed E-state index contributed by atoms with van der Waals surface area (Å²) in [5.74, 6) is -0.258. The smallest absolute Gasteiger partial charge is 0.263 e. The van der Waals surface area contributed by atoms with Crippen LogP contribution in [0.15, 0.2) is 46.0 Å². The van der Waals surface area contributed by atoms with Crippen LogP contribution in [0.25, 0.3) is 10.9 Å². The number of halogens is 1. The Labute approximate surface area is 170 Å². The number of rotatable bonds is 3. The van der Waals surface area contributed by atoms with E-state index >= 15 is 0 Å². The zero-order valence-electron chi connectivity index (χ0n) is 16.2. The molecule has 0 saturated carbocycles. The summed E-state index contributed by atoms with van der Waals surface area (Å²) < 4.78 is 15.1. The predicted molar refractivity (Wildman–Crippen MR) is 110 cm³/mol. The number of fused-ring (bicyclic) bond motifs is 5. The molecular formula is C22H21FN4O3. The minimum Gasteiger partial charge on any atom is -0.348 e. The van der Waals surface area contributed by atoms with Gasteiger partial charge in [-0.1, -0.05) is 0 Å². The summed E-state index contributed by atoms with van der Waals surface area (Å²) >= 11 is 0. The number of benzene rings is 1. The van der Waals surface area contributed by atoms with Crippen LogP contribution in [0, 0.1) is 11.7 Å². The number of nitrogens with one attached hydrogen (secondary N) is 3. The fourth-order valence-electron chi connectivity index (χ4n) is 4.58. The van der Waals surface area contributed by atoms with E-state index in [-0.39, 0.29) is 17.7 Å². The number of carbonyl (C=O) groups is 1. The first kappa shape index (κ1) is 18.7. The molecule has 7 nitrogen and oxygen atoms in total. The monoisotopic (exact) mass is 408 g/mol. The van der Waals surface area contributed by atoms with E-state index in [0.29, 0.717) is 34.8 Å². The van der Waals surface area contributed by atoms with Crippen molar-refractivity contribution in [2.24, 2.45) is 5.92 Å². The number of hydrogen-bond acceptors (Lipinski definition) is 4. The number of carbonyl (C=O) groups excluding carboxylic acids is 1. The molecule has 2 aliphatic heterocycles. The lowest BCUT2D eigenvalue weighted by molar-refractivity contribution is 0.0948. The average Bonchev–Trinajstić information content (AvgIpc) is 2.73. The molecule has 3 N–H and O–H groups in total. The second-order valence-corrected chi connectivity index (χ2v) is 8.08. The lowest BCUT2D eigenvalue weighted by Gasteiger charge is -2.37. The molecule has 3 aromatic rings. The molecule has 1 aromatic carbocycles. The van der Waals surface area contributed by atoms with Crippen molar-refractivity contribution in [1.82, 2.24) is 20.2 Å². The van der Waals surface area contributed by atoms with Gasteiger partial charge in [-0.15, -0.1) is 0 Å². The van der Waals surface area contributed by atoms with Gasteiger partial charge in [-0.3, -0.25) is 14.4 Å². The van der Waals surface area contributed by atoms with Crippen molar-refractivity contribution >= 4 is 16.8 Å². The van der Waals surface area contributed by atoms with Gasteiger partial charge in [0.05, 0.1) is 5.52 Å². The summed E-state index contributed by atoms with van der Waals surface area (Å²) in [7, 11) is 0. The normalized spacial score (nSPS) is 20.0. The van der Waals surface area contributed by atoms with Crippen molar-refractivity contribution < 1.29 is 9.18 Å². The van der Waals surface area contributed by atoms with Crippen LogP contribution in [0.5, 0.6) is 0 Å². The van der Waals surface area contributed by atoms with Crippen LogP contribution in [0.2, 0.25) is 0 Å². The highest BCUT2D eigenvalue weighted by Crippen LogP contribution is 2.31. The molecule has 30 heavy (non-hydrogen) atoms. The Balaban J connectivity index is 1.39. The number of aromatic nitrogens is 2. The number of H-pyrrole nitrogens is 1. The standard InChI is InChI=1S/C22H21FN4O3/c23-16-2-1-13-6-15(20(28)26-18(13)7-16)10-25-21(29)17-3-4-19-14-5-12(8-24-9-14)11-27(19)22(17)30/h1-4,6-7,12,14,24H,5,8-11H2,(H,25,29)(H,26,28)/t12-,14+/m0/s1. The number of aromatic amines is 1. The molecule has 1 amide bonds. The highest BCUT2D eigenvalue weighted by molar-refractivity contribution is 5.93. The van der Waals surface area contributed by atoms with Gasteiger partial charge in [0, 0.05) is 36.8 Å². The highest BCUT2D eigenvalue weighted by Gasteiger charge is 2.31. The van der Waals surface area contributed by atoms with Gasteiger partial charge in [0.25, 0.3) is 17.0 Å². The maximum Gasteiger partial charge on any atom is 0.263 e. The van der Waals surface area contributed by atoms with Crippen LogP contribution < -0.4 is 21.8 Å². The third-order valence-corrected chi connectivity index (χ3v) is 6.08. The number of piperidine rings is 1. The Kier molecular flexibility index (Phi) is 4.51. The summed E-state index contributed by atoms with van der Waals surface area (Å²) in [6.45, 7) is 2.31. The van der Waals surface area contributed by atoms with Gasteiger partial charge in [0.15, 0.2) is 0 Å². The molecule has 2 aromatic heterocycles. The zero-order chi connectivity index (χ0) is 20.8. The summed E-state index contributed by atoms with van der Waals surface area (Å²) in [6, 6.07) is 9.17. The van der Waals surface area contributed by atoms with Gasteiger partial charge in [0.1, 0.15) is 11.4 Å². The molecule has 154 valence electrons.